The van der Waals surface area contributed by atoms with E-state index in [1.165, 1.54) is 71.9 Å². The molecule has 1 aromatic heterocycles. The molecule has 0 N–H and O–H groups in total. The fourth-order valence-electron chi connectivity index (χ4n) is 4.88. The van der Waals surface area contributed by atoms with Crippen LogP contribution in [0.5, 0.6) is 0 Å². The lowest BCUT2D eigenvalue weighted by Gasteiger charge is -2.32. The van der Waals surface area contributed by atoms with Crippen LogP contribution in [0.15, 0.2) is 53.1 Å². The molecule has 3 heteroatoms. The molecular formula is C31H42O2S. The van der Waals surface area contributed by atoms with Crippen molar-refractivity contribution in [2.45, 2.75) is 92.4 Å². The molecule has 34 heavy (non-hydrogen) atoms. The summed E-state index contributed by atoms with van der Waals surface area (Å²) in [4.78, 5) is 13.7. The van der Waals surface area contributed by atoms with Gasteiger partial charge in [0.1, 0.15) is 0 Å². The second-order valence-corrected chi connectivity index (χ2v) is 11.6. The molecule has 1 aromatic carbocycles. The molecule has 0 atom stereocenters. The van der Waals surface area contributed by atoms with Gasteiger partial charge >= 0.3 is 5.97 Å². The van der Waals surface area contributed by atoms with Crippen molar-refractivity contribution in [2.75, 3.05) is 6.61 Å². The first kappa shape index (κ1) is 26.5. The highest BCUT2D eigenvalue weighted by molar-refractivity contribution is 7.19. The zero-order chi connectivity index (χ0) is 24.6. The van der Waals surface area contributed by atoms with E-state index in [0.29, 0.717) is 12.2 Å². The maximum absolute atomic E-state index is 12.5. The Hall–Kier alpha value is -2.13. The van der Waals surface area contributed by atoms with Crippen LogP contribution in [-0.4, -0.2) is 12.6 Å². The summed E-state index contributed by atoms with van der Waals surface area (Å²) >= 11 is 1.73. The molecule has 0 saturated carbocycles. The van der Waals surface area contributed by atoms with Gasteiger partial charge in [-0.25, -0.2) is 4.79 Å². The van der Waals surface area contributed by atoms with Crippen molar-refractivity contribution in [1.82, 2.24) is 0 Å². The number of hydrogen-bond donors (Lipinski definition) is 0. The van der Waals surface area contributed by atoms with Crippen molar-refractivity contribution in [1.29, 1.82) is 0 Å². The number of carbonyl (C=O) groups is 1. The van der Waals surface area contributed by atoms with E-state index in [-0.39, 0.29) is 11.4 Å². The summed E-state index contributed by atoms with van der Waals surface area (Å²) in [6.07, 6.45) is 17.7. The van der Waals surface area contributed by atoms with Crippen molar-refractivity contribution in [3.05, 3.63) is 63.6 Å². The summed E-state index contributed by atoms with van der Waals surface area (Å²) < 4.78 is 6.64. The maximum atomic E-state index is 12.5. The number of fused-ring (bicyclic) bond motifs is 1. The lowest BCUT2D eigenvalue weighted by Crippen LogP contribution is -2.19. The second-order valence-electron chi connectivity index (χ2n) is 10.5. The maximum Gasteiger partial charge on any atom is 0.338 e. The number of unbranched alkanes of at least 4 members (excludes halogenated alkanes) is 5. The SMILES string of the molecule is CCCCCCCCOC(=O)c1ccc2cc(/C=C(\C)C=CC3=C(C)CCCC3(C)C)sc2c1. The lowest BCUT2D eigenvalue weighted by atomic mass is 9.72. The minimum Gasteiger partial charge on any atom is -0.462 e. The molecule has 1 heterocycles. The third-order valence-corrected chi connectivity index (χ3v) is 7.98. The molecule has 0 amide bonds. The molecular weight excluding hydrogens is 436 g/mol. The number of rotatable bonds is 11. The first-order valence-corrected chi connectivity index (χ1v) is 13.9. The summed E-state index contributed by atoms with van der Waals surface area (Å²) in [6, 6.07) is 8.11. The van der Waals surface area contributed by atoms with E-state index in [2.05, 4.69) is 58.9 Å². The van der Waals surface area contributed by atoms with E-state index in [1.54, 1.807) is 11.3 Å². The molecule has 0 fully saturated rings. The fourth-order valence-corrected chi connectivity index (χ4v) is 5.99. The Morgan fingerprint density at radius 2 is 1.88 bits per heavy atom. The van der Waals surface area contributed by atoms with Crippen molar-refractivity contribution in [3.8, 4) is 0 Å². The Labute approximate surface area is 210 Å². The third-order valence-electron chi connectivity index (χ3n) is 6.93. The van der Waals surface area contributed by atoms with Gasteiger partial charge in [0.2, 0.25) is 0 Å². The van der Waals surface area contributed by atoms with Gasteiger partial charge < -0.3 is 4.74 Å². The van der Waals surface area contributed by atoms with Crippen LogP contribution in [0.2, 0.25) is 0 Å². The van der Waals surface area contributed by atoms with E-state index in [4.69, 9.17) is 4.74 Å². The summed E-state index contributed by atoms with van der Waals surface area (Å²) in [7, 11) is 0. The van der Waals surface area contributed by atoms with Gasteiger partial charge in [0.05, 0.1) is 12.2 Å². The third kappa shape index (κ3) is 7.43. The zero-order valence-corrected chi connectivity index (χ0v) is 22.7. The highest BCUT2D eigenvalue weighted by atomic mass is 32.1. The number of thiophene rings is 1. The normalized spacial score (nSPS) is 16.6. The van der Waals surface area contributed by atoms with Gasteiger partial charge in [-0.3, -0.25) is 0 Å². The van der Waals surface area contributed by atoms with Crippen LogP contribution in [0.1, 0.15) is 108 Å². The molecule has 2 nitrogen and oxygen atoms in total. The predicted octanol–water partition coefficient (Wildman–Crippen LogP) is 9.90. The van der Waals surface area contributed by atoms with Gasteiger partial charge in [-0.2, -0.15) is 0 Å². The number of hydrogen-bond acceptors (Lipinski definition) is 3. The monoisotopic (exact) mass is 478 g/mol. The molecule has 0 radical (unpaired) electrons. The van der Waals surface area contributed by atoms with Crippen LogP contribution < -0.4 is 0 Å². The van der Waals surface area contributed by atoms with Gasteiger partial charge in [-0.05, 0) is 85.8 Å². The Kier molecular flexibility index (Phi) is 9.76. The van der Waals surface area contributed by atoms with Crippen LogP contribution in [-0.2, 0) is 4.74 Å². The Morgan fingerprint density at radius 1 is 1.12 bits per heavy atom. The second kappa shape index (κ2) is 12.5. The molecule has 0 bridgehead atoms. The van der Waals surface area contributed by atoms with Crippen LogP contribution in [0.25, 0.3) is 16.2 Å². The standard InChI is InChI=1S/C31H42O2S/c1-6-7-8-9-10-11-19-33-30(32)26-16-15-25-21-27(34-29(25)22-26)20-23(2)14-17-28-24(3)13-12-18-31(28,4)5/h14-17,20-22H,6-13,18-19H2,1-5H3/b17-14?,23-20+. The molecule has 0 spiro atoms. The molecule has 3 rings (SSSR count). The Morgan fingerprint density at radius 3 is 2.65 bits per heavy atom. The predicted molar refractivity (Wildman–Crippen MR) is 149 cm³/mol. The molecule has 1 aliphatic carbocycles. The van der Waals surface area contributed by atoms with Gasteiger partial charge in [0, 0.05) is 9.58 Å². The summed E-state index contributed by atoms with van der Waals surface area (Å²) in [6.45, 7) is 11.9. The van der Waals surface area contributed by atoms with Crippen molar-refractivity contribution in [2.24, 2.45) is 5.41 Å². The summed E-state index contributed by atoms with van der Waals surface area (Å²) in [5, 5.41) is 1.17. The van der Waals surface area contributed by atoms with Crippen molar-refractivity contribution >= 4 is 33.5 Å². The fraction of sp³-hybridized carbons (Fsp3) is 0.516. The van der Waals surface area contributed by atoms with E-state index in [1.807, 2.05) is 18.2 Å². The number of esters is 1. The molecule has 0 aliphatic heterocycles. The molecule has 184 valence electrons. The van der Waals surface area contributed by atoms with Crippen LogP contribution in [0.4, 0.5) is 0 Å². The number of ether oxygens (including phenoxy) is 1. The first-order valence-electron chi connectivity index (χ1n) is 13.1. The smallest absolute Gasteiger partial charge is 0.338 e. The number of benzene rings is 1. The van der Waals surface area contributed by atoms with Crippen LogP contribution in [0, 0.1) is 5.41 Å². The lowest BCUT2D eigenvalue weighted by molar-refractivity contribution is 0.0498. The Balaban J connectivity index is 1.61. The number of carbonyl (C=O) groups excluding carboxylic acids is 1. The van der Waals surface area contributed by atoms with Crippen molar-refractivity contribution in [3.63, 3.8) is 0 Å². The minimum absolute atomic E-state index is 0.209. The van der Waals surface area contributed by atoms with Crippen LogP contribution >= 0.6 is 11.3 Å². The van der Waals surface area contributed by atoms with Gasteiger partial charge in [0.15, 0.2) is 0 Å². The summed E-state index contributed by atoms with van der Waals surface area (Å²) in [5.41, 5.74) is 5.17. The van der Waals surface area contributed by atoms with Gasteiger partial charge in [0.25, 0.3) is 0 Å². The van der Waals surface area contributed by atoms with Crippen molar-refractivity contribution < 1.29 is 9.53 Å². The Bertz CT molecular complexity index is 1060. The average Bonchev–Trinajstić information content (AvgIpc) is 3.18. The minimum atomic E-state index is -0.209. The largest absolute Gasteiger partial charge is 0.462 e. The molecule has 2 aromatic rings. The highest BCUT2D eigenvalue weighted by Gasteiger charge is 2.26. The molecule has 1 aliphatic rings. The van der Waals surface area contributed by atoms with Gasteiger partial charge in [-0.1, -0.05) is 76.7 Å². The quantitative estimate of drug-likeness (QED) is 0.182. The highest BCUT2D eigenvalue weighted by Crippen LogP contribution is 2.41. The molecule has 0 unspecified atom stereocenters. The van der Waals surface area contributed by atoms with E-state index < -0.39 is 0 Å². The van der Waals surface area contributed by atoms with E-state index >= 15 is 0 Å². The van der Waals surface area contributed by atoms with Crippen LogP contribution in [0.3, 0.4) is 0 Å². The number of allylic oxidation sites excluding steroid dienone is 5. The van der Waals surface area contributed by atoms with Gasteiger partial charge in [-0.15, -0.1) is 11.3 Å². The topological polar surface area (TPSA) is 26.3 Å². The van der Waals surface area contributed by atoms with E-state index in [9.17, 15) is 4.79 Å². The zero-order valence-electron chi connectivity index (χ0n) is 21.8. The first-order chi connectivity index (χ1) is 16.3. The molecule has 0 saturated heterocycles. The summed E-state index contributed by atoms with van der Waals surface area (Å²) in [5.74, 6) is -0.209. The van der Waals surface area contributed by atoms with E-state index in [0.717, 1.165) is 17.5 Å². The average molecular weight is 479 g/mol.